The van der Waals surface area contributed by atoms with Gasteiger partial charge in [0.15, 0.2) is 11.5 Å². The van der Waals surface area contributed by atoms with Gasteiger partial charge in [-0.15, -0.1) is 0 Å². The number of nitriles is 1. The van der Waals surface area contributed by atoms with Crippen molar-refractivity contribution >= 4 is 0 Å². The molecule has 0 saturated carbocycles. The third-order valence-corrected chi connectivity index (χ3v) is 4.28. The van der Waals surface area contributed by atoms with Gasteiger partial charge in [-0.25, -0.2) is 4.39 Å². The van der Waals surface area contributed by atoms with Gasteiger partial charge < -0.3 is 19.6 Å². The van der Waals surface area contributed by atoms with Gasteiger partial charge in [-0.1, -0.05) is 0 Å². The Kier molecular flexibility index (Phi) is 5.22. The summed E-state index contributed by atoms with van der Waals surface area (Å²) in [6.07, 6.45) is 1.39. The van der Waals surface area contributed by atoms with Crippen molar-refractivity contribution in [1.29, 1.82) is 5.26 Å². The first kappa shape index (κ1) is 17.3. The van der Waals surface area contributed by atoms with E-state index in [4.69, 9.17) is 14.7 Å². The van der Waals surface area contributed by atoms with Gasteiger partial charge in [0.25, 0.3) is 0 Å². The van der Waals surface area contributed by atoms with E-state index in [0.29, 0.717) is 36.7 Å². The molecular weight excluding hydrogens is 325 g/mol. The molecule has 2 heterocycles. The summed E-state index contributed by atoms with van der Waals surface area (Å²) in [5.41, 5.74) is 1.53. The Bertz CT molecular complexity index is 771. The summed E-state index contributed by atoms with van der Waals surface area (Å²) < 4.78 is 24.2. The maximum absolute atomic E-state index is 13.3. The first-order chi connectivity index (χ1) is 12.1. The van der Waals surface area contributed by atoms with Crippen LogP contribution in [0.4, 0.5) is 4.39 Å². The van der Waals surface area contributed by atoms with Crippen molar-refractivity contribution < 1.29 is 19.0 Å². The smallest absolute Gasteiger partial charge is 0.163 e. The van der Waals surface area contributed by atoms with Crippen LogP contribution in [0, 0.1) is 17.1 Å². The van der Waals surface area contributed by atoms with Crippen LogP contribution in [0.15, 0.2) is 30.5 Å². The summed E-state index contributed by atoms with van der Waals surface area (Å²) in [4.78, 5) is 5.00. The van der Waals surface area contributed by atoms with Gasteiger partial charge >= 0.3 is 0 Å². The maximum Gasteiger partial charge on any atom is 0.163 e. The lowest BCUT2D eigenvalue weighted by Crippen LogP contribution is -2.48. The highest BCUT2D eigenvalue weighted by molar-refractivity contribution is 5.40. The Morgan fingerprint density at radius 3 is 2.92 bits per heavy atom. The third-order valence-electron chi connectivity index (χ3n) is 4.28. The van der Waals surface area contributed by atoms with Crippen molar-refractivity contribution in [2.24, 2.45) is 0 Å². The van der Waals surface area contributed by atoms with Crippen LogP contribution in [-0.2, 0) is 6.54 Å². The van der Waals surface area contributed by atoms with Crippen LogP contribution in [-0.4, -0.2) is 47.4 Å². The van der Waals surface area contributed by atoms with E-state index in [9.17, 15) is 9.50 Å². The summed E-state index contributed by atoms with van der Waals surface area (Å²) in [5, 5.41) is 19.3. The van der Waals surface area contributed by atoms with E-state index < -0.39 is 11.9 Å². The fourth-order valence-electron chi connectivity index (χ4n) is 3.01. The van der Waals surface area contributed by atoms with Gasteiger partial charge in [0.1, 0.15) is 29.8 Å². The van der Waals surface area contributed by atoms with Crippen molar-refractivity contribution in [3.63, 3.8) is 0 Å². The quantitative estimate of drug-likeness (QED) is 0.867. The molecule has 132 valence electrons. The number of methoxy groups -OCH3 is 1. The first-order valence-corrected chi connectivity index (χ1v) is 8.07. The Balaban J connectivity index is 1.59. The minimum absolute atomic E-state index is 0.311. The lowest BCUT2D eigenvalue weighted by atomic mass is 10.0. The molecule has 3 rings (SSSR count). The van der Waals surface area contributed by atoms with Gasteiger partial charge in [0, 0.05) is 31.9 Å². The molecule has 2 aromatic rings. The SMILES string of the molecule is COc1cc(F)ccc1O[C@@H]1CCN(Cc2c[nH]c(C#N)c2)C[C@H]1O. The largest absolute Gasteiger partial charge is 0.493 e. The van der Waals surface area contributed by atoms with Crippen molar-refractivity contribution in [1.82, 2.24) is 9.88 Å². The Hall–Kier alpha value is -2.56. The molecule has 1 aliphatic rings. The average Bonchev–Trinajstić information content (AvgIpc) is 3.06. The Labute approximate surface area is 145 Å². The standard InChI is InChI=1S/C18H20FN3O3/c1-24-18-7-13(19)2-3-17(18)25-16-4-5-22(11-15(16)23)10-12-6-14(8-20)21-9-12/h2-3,6-7,9,15-16,21,23H,4-5,10-11H2,1H3/t15-,16-/m1/s1. The number of aliphatic hydroxyl groups is 1. The molecule has 0 bridgehead atoms. The highest BCUT2D eigenvalue weighted by atomic mass is 19.1. The van der Waals surface area contributed by atoms with Crippen molar-refractivity contribution in [2.75, 3.05) is 20.2 Å². The number of halogens is 1. The van der Waals surface area contributed by atoms with Gasteiger partial charge in [-0.2, -0.15) is 5.26 Å². The normalized spacial score (nSPS) is 20.9. The van der Waals surface area contributed by atoms with Crippen LogP contribution in [0.2, 0.25) is 0 Å². The lowest BCUT2D eigenvalue weighted by molar-refractivity contribution is -0.0283. The molecule has 0 amide bonds. The molecule has 1 aromatic carbocycles. The maximum atomic E-state index is 13.3. The number of ether oxygens (including phenoxy) is 2. The van der Waals surface area contributed by atoms with Crippen LogP contribution >= 0.6 is 0 Å². The second kappa shape index (κ2) is 7.55. The molecule has 2 N–H and O–H groups in total. The highest BCUT2D eigenvalue weighted by Gasteiger charge is 2.30. The van der Waals surface area contributed by atoms with Crippen LogP contribution in [0.1, 0.15) is 17.7 Å². The van der Waals surface area contributed by atoms with Crippen LogP contribution < -0.4 is 9.47 Å². The van der Waals surface area contributed by atoms with Gasteiger partial charge in [0.05, 0.1) is 7.11 Å². The van der Waals surface area contributed by atoms with E-state index in [1.54, 1.807) is 12.3 Å². The number of nitrogens with zero attached hydrogens (tertiary/aromatic N) is 2. The number of aromatic nitrogens is 1. The number of H-pyrrole nitrogens is 1. The zero-order valence-electron chi connectivity index (χ0n) is 13.9. The Morgan fingerprint density at radius 2 is 2.24 bits per heavy atom. The number of aliphatic hydroxyl groups excluding tert-OH is 1. The van der Waals surface area contributed by atoms with Gasteiger partial charge in [-0.3, -0.25) is 4.90 Å². The number of piperidine rings is 1. The molecular formula is C18H20FN3O3. The molecule has 7 heteroatoms. The Morgan fingerprint density at radius 1 is 1.40 bits per heavy atom. The minimum atomic E-state index is -0.669. The summed E-state index contributed by atoms with van der Waals surface area (Å²) in [6, 6.07) is 7.94. The number of likely N-dealkylation sites (tertiary alicyclic amines) is 1. The van der Waals surface area contributed by atoms with Crippen molar-refractivity contribution in [3.05, 3.63) is 47.5 Å². The molecule has 6 nitrogen and oxygen atoms in total. The molecule has 1 saturated heterocycles. The number of β-amino-alcohol motifs (C(OH)–C–C–N with tert-alkyl or cyclic N) is 1. The zero-order chi connectivity index (χ0) is 17.8. The topological polar surface area (TPSA) is 81.5 Å². The molecule has 1 fully saturated rings. The first-order valence-electron chi connectivity index (χ1n) is 8.07. The van der Waals surface area contributed by atoms with Gasteiger partial charge in [0.2, 0.25) is 0 Å². The van der Waals surface area contributed by atoms with Gasteiger partial charge in [-0.05, 0) is 30.2 Å². The molecule has 1 aliphatic heterocycles. The van der Waals surface area contributed by atoms with E-state index >= 15 is 0 Å². The number of benzene rings is 1. The molecule has 0 aliphatic carbocycles. The summed E-state index contributed by atoms with van der Waals surface area (Å²) in [5.74, 6) is 0.333. The van der Waals surface area contributed by atoms with E-state index in [2.05, 4.69) is 16.0 Å². The van der Waals surface area contributed by atoms with Crippen LogP contribution in [0.3, 0.4) is 0 Å². The van der Waals surface area contributed by atoms with Crippen molar-refractivity contribution in [2.45, 2.75) is 25.2 Å². The third kappa shape index (κ3) is 4.10. The molecule has 25 heavy (non-hydrogen) atoms. The predicted molar refractivity (Wildman–Crippen MR) is 88.8 cm³/mol. The van der Waals surface area contributed by atoms with Crippen LogP contribution in [0.25, 0.3) is 0 Å². The average molecular weight is 345 g/mol. The number of nitrogens with one attached hydrogen (secondary N) is 1. The van der Waals surface area contributed by atoms with Crippen molar-refractivity contribution in [3.8, 4) is 17.6 Å². The van der Waals surface area contributed by atoms with E-state index in [0.717, 1.165) is 12.1 Å². The molecule has 2 atom stereocenters. The molecule has 1 aromatic heterocycles. The second-order valence-electron chi connectivity index (χ2n) is 6.08. The summed E-state index contributed by atoms with van der Waals surface area (Å²) in [6.45, 7) is 1.86. The molecule has 0 spiro atoms. The highest BCUT2D eigenvalue weighted by Crippen LogP contribution is 2.30. The number of rotatable bonds is 5. The number of aromatic amines is 1. The number of hydrogen-bond donors (Lipinski definition) is 2. The summed E-state index contributed by atoms with van der Waals surface area (Å²) >= 11 is 0. The fourth-order valence-corrected chi connectivity index (χ4v) is 3.01. The lowest BCUT2D eigenvalue weighted by Gasteiger charge is -2.35. The van der Waals surface area contributed by atoms with E-state index in [1.807, 2.05) is 0 Å². The van der Waals surface area contributed by atoms with Crippen LogP contribution in [0.5, 0.6) is 11.5 Å². The predicted octanol–water partition coefficient (Wildman–Crippen LogP) is 2.05. The van der Waals surface area contributed by atoms with E-state index in [-0.39, 0.29) is 6.10 Å². The second-order valence-corrected chi connectivity index (χ2v) is 6.08. The van der Waals surface area contributed by atoms with E-state index in [1.165, 1.54) is 25.3 Å². The number of hydrogen-bond acceptors (Lipinski definition) is 5. The molecule has 0 radical (unpaired) electrons. The zero-order valence-corrected chi connectivity index (χ0v) is 13.9. The minimum Gasteiger partial charge on any atom is -0.493 e. The fraction of sp³-hybridized carbons (Fsp3) is 0.389. The summed E-state index contributed by atoms with van der Waals surface area (Å²) in [7, 11) is 1.45. The molecule has 0 unspecified atom stereocenters. The monoisotopic (exact) mass is 345 g/mol.